The molecule has 0 unspecified atom stereocenters. The third-order valence-electron chi connectivity index (χ3n) is 4.13. The maximum absolute atomic E-state index is 13.0. The van der Waals surface area contributed by atoms with Crippen LogP contribution in [-0.2, 0) is 12.3 Å². The van der Waals surface area contributed by atoms with E-state index in [4.69, 9.17) is 27.6 Å². The zero-order chi connectivity index (χ0) is 18.8. The van der Waals surface area contributed by atoms with Gasteiger partial charge in [0, 0.05) is 15.8 Å². The molecule has 136 valence electrons. The molecule has 0 saturated carbocycles. The van der Waals surface area contributed by atoms with Crippen molar-refractivity contribution in [3.63, 3.8) is 0 Å². The number of nitrogens with zero attached hydrogens (tertiary/aromatic N) is 2. The molecule has 0 amide bonds. The van der Waals surface area contributed by atoms with E-state index in [0.29, 0.717) is 44.2 Å². The number of hydrogen-bond donors (Lipinski definition) is 0. The standard InChI is InChI=1S/C20H14Cl2N2O2S/c21-16-7-3-8-17(22)15(16)12-27-20-23-18-9-2-1-6-14(18)19(25)24(20)11-13-5-4-10-26-13/h1-10H,11-12H2. The van der Waals surface area contributed by atoms with Crippen molar-refractivity contribution in [1.82, 2.24) is 9.55 Å². The Morgan fingerprint density at radius 1 is 1.00 bits per heavy atom. The lowest BCUT2D eigenvalue weighted by Gasteiger charge is -2.13. The van der Waals surface area contributed by atoms with Crippen LogP contribution in [0.25, 0.3) is 10.9 Å². The molecule has 27 heavy (non-hydrogen) atoms. The van der Waals surface area contributed by atoms with Crippen LogP contribution in [-0.4, -0.2) is 9.55 Å². The Hall–Kier alpha value is -2.21. The highest BCUT2D eigenvalue weighted by molar-refractivity contribution is 7.98. The van der Waals surface area contributed by atoms with E-state index < -0.39 is 0 Å². The van der Waals surface area contributed by atoms with E-state index in [9.17, 15) is 4.79 Å². The fourth-order valence-corrected chi connectivity index (χ4v) is 4.50. The third kappa shape index (κ3) is 3.76. The van der Waals surface area contributed by atoms with E-state index in [1.165, 1.54) is 11.8 Å². The van der Waals surface area contributed by atoms with Crippen molar-refractivity contribution < 1.29 is 4.42 Å². The monoisotopic (exact) mass is 416 g/mol. The lowest BCUT2D eigenvalue weighted by atomic mass is 10.2. The molecule has 0 fully saturated rings. The molecule has 4 nitrogen and oxygen atoms in total. The van der Waals surface area contributed by atoms with Crippen molar-refractivity contribution in [2.24, 2.45) is 0 Å². The van der Waals surface area contributed by atoms with Crippen molar-refractivity contribution in [3.05, 3.63) is 92.6 Å². The Labute approximate surface area is 169 Å². The van der Waals surface area contributed by atoms with Gasteiger partial charge in [-0.25, -0.2) is 4.98 Å². The van der Waals surface area contributed by atoms with E-state index in [0.717, 1.165) is 5.56 Å². The molecule has 2 aromatic heterocycles. The molecular weight excluding hydrogens is 403 g/mol. The van der Waals surface area contributed by atoms with Gasteiger partial charge < -0.3 is 4.42 Å². The molecular formula is C20H14Cl2N2O2S. The lowest BCUT2D eigenvalue weighted by Crippen LogP contribution is -2.23. The maximum atomic E-state index is 13.0. The fourth-order valence-electron chi connectivity index (χ4n) is 2.76. The topological polar surface area (TPSA) is 48.0 Å². The number of fused-ring (bicyclic) bond motifs is 1. The molecule has 0 spiro atoms. The van der Waals surface area contributed by atoms with Crippen LogP contribution in [0, 0.1) is 0 Å². The minimum absolute atomic E-state index is 0.107. The Morgan fingerprint density at radius 2 is 1.78 bits per heavy atom. The first-order chi connectivity index (χ1) is 13.1. The molecule has 0 N–H and O–H groups in total. The van der Waals surface area contributed by atoms with Crippen LogP contribution < -0.4 is 5.56 Å². The predicted molar refractivity (Wildman–Crippen MR) is 110 cm³/mol. The number of halogens is 2. The second kappa shape index (κ2) is 7.80. The second-order valence-electron chi connectivity index (χ2n) is 5.87. The number of para-hydroxylation sites is 1. The molecule has 2 aromatic carbocycles. The average Bonchev–Trinajstić information content (AvgIpc) is 3.17. The Kier molecular flexibility index (Phi) is 5.25. The number of furan rings is 1. The number of benzene rings is 2. The highest BCUT2D eigenvalue weighted by atomic mass is 35.5. The van der Waals surface area contributed by atoms with Crippen molar-refractivity contribution in [2.45, 2.75) is 17.5 Å². The number of aromatic nitrogens is 2. The summed E-state index contributed by atoms with van der Waals surface area (Å²) in [7, 11) is 0. The van der Waals surface area contributed by atoms with Gasteiger partial charge in [-0.1, -0.05) is 53.2 Å². The van der Waals surface area contributed by atoms with Crippen LogP contribution in [0.4, 0.5) is 0 Å². The molecule has 0 atom stereocenters. The highest BCUT2D eigenvalue weighted by Crippen LogP contribution is 2.31. The molecule has 0 aliphatic rings. The van der Waals surface area contributed by atoms with Crippen LogP contribution in [0.1, 0.15) is 11.3 Å². The minimum atomic E-state index is -0.107. The quantitative estimate of drug-likeness (QED) is 0.312. The molecule has 0 radical (unpaired) electrons. The van der Waals surface area contributed by atoms with Gasteiger partial charge in [0.1, 0.15) is 5.76 Å². The summed E-state index contributed by atoms with van der Waals surface area (Å²) >= 11 is 14.0. The van der Waals surface area contributed by atoms with Gasteiger partial charge in [-0.15, -0.1) is 0 Å². The lowest BCUT2D eigenvalue weighted by molar-refractivity contribution is 0.476. The summed E-state index contributed by atoms with van der Waals surface area (Å²) in [5.74, 6) is 1.19. The molecule has 0 aliphatic carbocycles. The van der Waals surface area contributed by atoms with E-state index in [1.807, 2.05) is 24.3 Å². The Bertz CT molecular complexity index is 1140. The van der Waals surface area contributed by atoms with Crippen LogP contribution in [0.3, 0.4) is 0 Å². The SMILES string of the molecule is O=c1c2ccccc2nc(SCc2c(Cl)cccc2Cl)n1Cc1ccco1. The number of rotatable bonds is 5. The average molecular weight is 417 g/mol. The minimum Gasteiger partial charge on any atom is -0.467 e. The maximum Gasteiger partial charge on any atom is 0.262 e. The fraction of sp³-hybridized carbons (Fsp3) is 0.100. The van der Waals surface area contributed by atoms with Crippen molar-refractivity contribution in [1.29, 1.82) is 0 Å². The molecule has 0 aliphatic heterocycles. The first-order valence-electron chi connectivity index (χ1n) is 8.21. The van der Waals surface area contributed by atoms with Gasteiger partial charge in [-0.2, -0.15) is 0 Å². The summed E-state index contributed by atoms with van der Waals surface area (Å²) in [5.41, 5.74) is 1.37. The summed E-state index contributed by atoms with van der Waals surface area (Å²) in [6, 6.07) is 16.3. The summed E-state index contributed by atoms with van der Waals surface area (Å²) in [6.07, 6.45) is 1.59. The highest BCUT2D eigenvalue weighted by Gasteiger charge is 2.14. The van der Waals surface area contributed by atoms with Crippen LogP contribution in [0.2, 0.25) is 10.0 Å². The predicted octanol–water partition coefficient (Wildman–Crippen LogP) is 5.64. The normalized spacial score (nSPS) is 11.2. The molecule has 4 aromatic rings. The van der Waals surface area contributed by atoms with Gasteiger partial charge >= 0.3 is 0 Å². The van der Waals surface area contributed by atoms with Gasteiger partial charge in [-0.05, 0) is 42.0 Å². The van der Waals surface area contributed by atoms with E-state index in [-0.39, 0.29) is 5.56 Å². The van der Waals surface area contributed by atoms with E-state index in [2.05, 4.69) is 4.98 Å². The first-order valence-corrected chi connectivity index (χ1v) is 9.95. The summed E-state index contributed by atoms with van der Waals surface area (Å²) in [4.78, 5) is 17.7. The van der Waals surface area contributed by atoms with Gasteiger partial charge in [-0.3, -0.25) is 9.36 Å². The zero-order valence-electron chi connectivity index (χ0n) is 14.1. The van der Waals surface area contributed by atoms with Crippen molar-refractivity contribution in [2.75, 3.05) is 0 Å². The molecule has 0 saturated heterocycles. The summed E-state index contributed by atoms with van der Waals surface area (Å²) in [6.45, 7) is 0.308. The molecule has 4 rings (SSSR count). The Balaban J connectivity index is 1.77. The second-order valence-corrected chi connectivity index (χ2v) is 7.63. The zero-order valence-corrected chi connectivity index (χ0v) is 16.4. The van der Waals surface area contributed by atoms with E-state index >= 15 is 0 Å². The summed E-state index contributed by atoms with van der Waals surface area (Å²) in [5, 5.41) is 2.35. The number of hydrogen-bond acceptors (Lipinski definition) is 4. The largest absolute Gasteiger partial charge is 0.467 e. The molecule has 7 heteroatoms. The third-order valence-corrected chi connectivity index (χ3v) is 5.84. The van der Waals surface area contributed by atoms with Gasteiger partial charge in [0.25, 0.3) is 5.56 Å². The van der Waals surface area contributed by atoms with Crippen LogP contribution in [0.15, 0.2) is 75.2 Å². The molecule has 2 heterocycles. The van der Waals surface area contributed by atoms with Crippen LogP contribution >= 0.6 is 35.0 Å². The van der Waals surface area contributed by atoms with Gasteiger partial charge in [0.15, 0.2) is 5.16 Å². The van der Waals surface area contributed by atoms with E-state index in [1.54, 1.807) is 41.2 Å². The number of thioether (sulfide) groups is 1. The summed E-state index contributed by atoms with van der Waals surface area (Å²) < 4.78 is 7.04. The van der Waals surface area contributed by atoms with Crippen molar-refractivity contribution in [3.8, 4) is 0 Å². The smallest absolute Gasteiger partial charge is 0.262 e. The van der Waals surface area contributed by atoms with Gasteiger partial charge in [0.2, 0.25) is 0 Å². The van der Waals surface area contributed by atoms with Crippen molar-refractivity contribution >= 4 is 45.9 Å². The first kappa shape index (κ1) is 18.2. The molecule has 0 bridgehead atoms. The Morgan fingerprint density at radius 3 is 2.52 bits per heavy atom. The van der Waals surface area contributed by atoms with Gasteiger partial charge in [0.05, 0.1) is 23.7 Å². The van der Waals surface area contributed by atoms with Crippen LogP contribution in [0.5, 0.6) is 0 Å².